The molecule has 0 spiro atoms. The summed E-state index contributed by atoms with van der Waals surface area (Å²) >= 11 is 0. The van der Waals surface area contributed by atoms with Gasteiger partial charge in [0.15, 0.2) is 0 Å². The summed E-state index contributed by atoms with van der Waals surface area (Å²) < 4.78 is 0. The largest absolute Gasteiger partial charge is 0.508 e. The Morgan fingerprint density at radius 3 is 2.85 bits per heavy atom. The summed E-state index contributed by atoms with van der Waals surface area (Å²) in [5, 5.41) is 27.8. The number of benzene rings is 1. The molecule has 0 aliphatic heterocycles. The lowest BCUT2D eigenvalue weighted by Gasteiger charge is -1.98. The van der Waals surface area contributed by atoms with E-state index in [1.54, 1.807) is 0 Å². The van der Waals surface area contributed by atoms with Crippen LogP contribution in [0.5, 0.6) is 5.75 Å². The van der Waals surface area contributed by atoms with Gasteiger partial charge in [-0.1, -0.05) is 0 Å². The molecule has 0 amide bonds. The van der Waals surface area contributed by atoms with Gasteiger partial charge in [0, 0.05) is 17.7 Å². The van der Waals surface area contributed by atoms with Gasteiger partial charge < -0.3 is 5.11 Å². The van der Waals surface area contributed by atoms with Crippen LogP contribution in [0.1, 0.15) is 5.56 Å². The maximum atomic E-state index is 10.3. The maximum absolute atomic E-state index is 10.3. The highest BCUT2D eigenvalue weighted by Gasteiger charge is 2.09. The van der Waals surface area contributed by atoms with E-state index in [0.717, 1.165) is 0 Å². The van der Waals surface area contributed by atoms with Gasteiger partial charge in [-0.3, -0.25) is 10.1 Å². The van der Waals surface area contributed by atoms with Gasteiger partial charge in [0.1, 0.15) is 5.75 Å². The molecule has 1 aromatic carbocycles. The van der Waals surface area contributed by atoms with Crippen molar-refractivity contribution in [3.63, 3.8) is 0 Å². The summed E-state index contributed by atoms with van der Waals surface area (Å²) in [4.78, 5) is 9.74. The molecule has 13 heavy (non-hydrogen) atoms. The van der Waals surface area contributed by atoms with Crippen molar-refractivity contribution < 1.29 is 10.0 Å². The van der Waals surface area contributed by atoms with Crippen molar-refractivity contribution >= 4 is 5.69 Å². The van der Waals surface area contributed by atoms with Crippen molar-refractivity contribution in [1.82, 2.24) is 0 Å². The number of rotatable bonds is 2. The third-order valence-electron chi connectivity index (χ3n) is 1.54. The molecule has 5 heteroatoms. The predicted octanol–water partition coefficient (Wildman–Crippen LogP) is 1.37. The average Bonchev–Trinajstić information content (AvgIpc) is 2.08. The van der Waals surface area contributed by atoms with Crippen molar-refractivity contribution in [2.45, 2.75) is 6.42 Å². The molecule has 0 heterocycles. The Hall–Kier alpha value is -2.09. The third-order valence-corrected chi connectivity index (χ3v) is 1.54. The van der Waals surface area contributed by atoms with Crippen LogP contribution in [-0.4, -0.2) is 10.0 Å². The van der Waals surface area contributed by atoms with E-state index in [1.807, 2.05) is 6.07 Å². The predicted molar refractivity (Wildman–Crippen MR) is 44.1 cm³/mol. The molecule has 0 aliphatic carbocycles. The van der Waals surface area contributed by atoms with Crippen LogP contribution in [0.2, 0.25) is 0 Å². The van der Waals surface area contributed by atoms with Gasteiger partial charge in [0.25, 0.3) is 5.69 Å². The molecule has 0 atom stereocenters. The Balaban J connectivity index is 3.12. The van der Waals surface area contributed by atoms with Crippen LogP contribution in [-0.2, 0) is 6.42 Å². The van der Waals surface area contributed by atoms with E-state index >= 15 is 0 Å². The highest BCUT2D eigenvalue weighted by atomic mass is 16.6. The van der Waals surface area contributed by atoms with Crippen molar-refractivity contribution in [3.8, 4) is 11.8 Å². The van der Waals surface area contributed by atoms with Gasteiger partial charge in [-0.2, -0.15) is 5.26 Å². The fourth-order valence-corrected chi connectivity index (χ4v) is 0.912. The molecule has 0 saturated carbocycles. The highest BCUT2D eigenvalue weighted by Crippen LogP contribution is 2.22. The van der Waals surface area contributed by atoms with E-state index in [9.17, 15) is 15.2 Å². The number of nitriles is 1. The molecule has 0 aromatic heterocycles. The van der Waals surface area contributed by atoms with Crippen LogP contribution < -0.4 is 0 Å². The van der Waals surface area contributed by atoms with Gasteiger partial charge in [-0.25, -0.2) is 0 Å². The van der Waals surface area contributed by atoms with Crippen LogP contribution in [0.25, 0.3) is 0 Å². The van der Waals surface area contributed by atoms with Crippen LogP contribution in [0.4, 0.5) is 5.69 Å². The zero-order chi connectivity index (χ0) is 9.84. The highest BCUT2D eigenvalue weighted by molar-refractivity contribution is 5.44. The minimum Gasteiger partial charge on any atom is -0.508 e. The molecule has 0 fully saturated rings. The Labute approximate surface area is 74.0 Å². The SMILES string of the molecule is N#CCc1cc([N+](=O)[O-])ccc1O. The number of phenols is 1. The maximum Gasteiger partial charge on any atom is 0.270 e. The number of nitro groups is 1. The quantitative estimate of drug-likeness (QED) is 0.547. The second-order valence-electron chi connectivity index (χ2n) is 2.41. The summed E-state index contributed by atoms with van der Waals surface area (Å²) in [6, 6.07) is 5.41. The van der Waals surface area contributed by atoms with E-state index in [-0.39, 0.29) is 23.4 Å². The third kappa shape index (κ3) is 1.93. The summed E-state index contributed by atoms with van der Waals surface area (Å²) in [5.74, 6) is -0.0906. The van der Waals surface area contributed by atoms with Gasteiger partial charge in [-0.15, -0.1) is 0 Å². The molecule has 0 radical (unpaired) electrons. The standard InChI is InChI=1S/C8H6N2O3/c9-4-3-6-5-7(10(12)13)1-2-8(6)11/h1-2,5,11H,3H2. The molecule has 1 rings (SSSR count). The number of hydrogen-bond acceptors (Lipinski definition) is 4. The van der Waals surface area contributed by atoms with Crippen LogP contribution in [0.15, 0.2) is 18.2 Å². The molecule has 1 N–H and O–H groups in total. The zero-order valence-electron chi connectivity index (χ0n) is 6.60. The minimum atomic E-state index is -0.569. The van der Waals surface area contributed by atoms with Gasteiger partial charge in [-0.05, 0) is 6.07 Å². The van der Waals surface area contributed by atoms with Crippen molar-refractivity contribution in [3.05, 3.63) is 33.9 Å². The van der Waals surface area contributed by atoms with E-state index < -0.39 is 4.92 Å². The Morgan fingerprint density at radius 1 is 1.62 bits per heavy atom. The van der Waals surface area contributed by atoms with Crippen molar-refractivity contribution in [1.29, 1.82) is 5.26 Å². The molecular formula is C8H6N2O3. The van der Waals surface area contributed by atoms with Crippen molar-refractivity contribution in [2.75, 3.05) is 0 Å². The van der Waals surface area contributed by atoms with Crippen molar-refractivity contribution in [2.24, 2.45) is 0 Å². The second-order valence-corrected chi connectivity index (χ2v) is 2.41. The molecule has 0 bridgehead atoms. The molecule has 5 nitrogen and oxygen atoms in total. The summed E-state index contributed by atoms with van der Waals surface area (Å²) in [7, 11) is 0. The molecule has 0 aliphatic rings. The number of nitro benzene ring substituents is 1. The first-order valence-corrected chi connectivity index (χ1v) is 3.48. The van der Waals surface area contributed by atoms with Gasteiger partial charge in [0.05, 0.1) is 17.4 Å². The Kier molecular flexibility index (Phi) is 2.45. The van der Waals surface area contributed by atoms with E-state index in [0.29, 0.717) is 0 Å². The number of non-ortho nitro benzene ring substituents is 1. The number of nitrogens with zero attached hydrogens (tertiary/aromatic N) is 2. The smallest absolute Gasteiger partial charge is 0.270 e. The zero-order valence-corrected chi connectivity index (χ0v) is 6.60. The first-order valence-electron chi connectivity index (χ1n) is 3.48. The molecule has 0 unspecified atom stereocenters. The second kappa shape index (κ2) is 3.54. The lowest BCUT2D eigenvalue weighted by atomic mass is 10.1. The molecular weight excluding hydrogens is 172 g/mol. The molecule has 0 saturated heterocycles. The molecule has 66 valence electrons. The number of hydrogen-bond donors (Lipinski definition) is 1. The number of phenolic OH excluding ortho intramolecular Hbond substituents is 1. The van der Waals surface area contributed by atoms with Crippen LogP contribution in [0, 0.1) is 21.4 Å². The lowest BCUT2D eigenvalue weighted by Crippen LogP contribution is -1.90. The summed E-state index contributed by atoms with van der Waals surface area (Å²) in [5.41, 5.74) is 0.153. The molecule has 1 aromatic rings. The Bertz CT molecular complexity index is 381. The van der Waals surface area contributed by atoms with Gasteiger partial charge in [0.2, 0.25) is 0 Å². The summed E-state index contributed by atoms with van der Waals surface area (Å²) in [6.45, 7) is 0. The van der Waals surface area contributed by atoms with E-state index in [2.05, 4.69) is 0 Å². The lowest BCUT2D eigenvalue weighted by molar-refractivity contribution is -0.384. The van der Waals surface area contributed by atoms with E-state index in [4.69, 9.17) is 5.26 Å². The van der Waals surface area contributed by atoms with Crippen LogP contribution in [0.3, 0.4) is 0 Å². The topological polar surface area (TPSA) is 87.2 Å². The number of aromatic hydroxyl groups is 1. The van der Waals surface area contributed by atoms with E-state index in [1.165, 1.54) is 18.2 Å². The Morgan fingerprint density at radius 2 is 2.31 bits per heavy atom. The summed E-state index contributed by atoms with van der Waals surface area (Å²) in [6.07, 6.45) is -0.0342. The van der Waals surface area contributed by atoms with Gasteiger partial charge >= 0.3 is 0 Å². The first-order chi connectivity index (χ1) is 6.15. The van der Waals surface area contributed by atoms with Crippen LogP contribution >= 0.6 is 0 Å². The normalized spacial score (nSPS) is 9.15. The fraction of sp³-hybridized carbons (Fsp3) is 0.125. The minimum absolute atomic E-state index is 0.0342. The average molecular weight is 178 g/mol. The first kappa shape index (κ1) is 9.00. The fourth-order valence-electron chi connectivity index (χ4n) is 0.912. The monoisotopic (exact) mass is 178 g/mol.